The van der Waals surface area contributed by atoms with Gasteiger partial charge in [0.05, 0.1) is 25.4 Å². The van der Waals surface area contributed by atoms with Crippen LogP contribution in [0.15, 0.2) is 60.8 Å². The molecule has 0 aliphatic carbocycles. The molecule has 1 aliphatic heterocycles. The fourth-order valence-corrected chi connectivity index (χ4v) is 9.60. The lowest BCUT2D eigenvalue weighted by molar-refractivity contribution is -0.305. The minimum Gasteiger partial charge on any atom is -0.454 e. The standard InChI is InChI=1S/C64H115NO10/c1-4-7-10-13-16-19-22-24-25-26-27-28-29-30-31-32-33-34-37-40-43-46-49-52-59(69)75-62-61(71)60(70)58(53-66)74-64(62)73-54-55(56(67)50-47-44-41-38-35-21-18-15-12-9-6-3)65-63(72)57(68)51-48-45-42-39-36-23-20-17-14-11-8-5-2/h8,11,14,17,20,23,36,39,47,50,55-58,60-62,64,66-68,70-71H,4-7,9-10,12-13,15-16,18-19,21-22,24-35,37-38,40-46,48-49,51-54H2,1-3H3,(H,65,72)/b11-8+,17-14+,23-20-,39-36-,50-47+. The molecule has 6 N–H and O–H groups in total. The maximum Gasteiger partial charge on any atom is 0.306 e. The SMILES string of the molecule is CC/C=C/C=C/C=C\C=C/CCCCC(O)C(=O)NC(COC1OC(CO)C(O)C(O)C1OC(=O)CCCCCCCCCCCCCCCCCCCCCCCCC)C(O)/C=C/CCCCCCCCCCC. The van der Waals surface area contributed by atoms with Crippen LogP contribution >= 0.6 is 0 Å². The van der Waals surface area contributed by atoms with Gasteiger partial charge in [-0.15, -0.1) is 0 Å². The number of allylic oxidation sites excluding steroid dienone is 9. The largest absolute Gasteiger partial charge is 0.454 e. The molecule has 11 heteroatoms. The lowest BCUT2D eigenvalue weighted by atomic mass is 9.99. The Morgan fingerprint density at radius 1 is 0.533 bits per heavy atom. The van der Waals surface area contributed by atoms with E-state index in [0.717, 1.165) is 64.2 Å². The zero-order valence-electron chi connectivity index (χ0n) is 48.2. The number of esters is 1. The van der Waals surface area contributed by atoms with Gasteiger partial charge >= 0.3 is 5.97 Å². The van der Waals surface area contributed by atoms with Gasteiger partial charge in [0.2, 0.25) is 5.91 Å². The second kappa shape index (κ2) is 52.1. The molecule has 0 aromatic carbocycles. The van der Waals surface area contributed by atoms with E-state index in [4.69, 9.17) is 14.2 Å². The lowest BCUT2D eigenvalue weighted by Crippen LogP contribution is -2.61. The van der Waals surface area contributed by atoms with Crippen molar-refractivity contribution in [1.82, 2.24) is 5.32 Å². The minimum absolute atomic E-state index is 0.121. The summed E-state index contributed by atoms with van der Waals surface area (Å²) in [5.41, 5.74) is 0. The van der Waals surface area contributed by atoms with E-state index in [0.29, 0.717) is 12.8 Å². The number of aliphatic hydroxyl groups excluding tert-OH is 5. The number of ether oxygens (including phenoxy) is 3. The molecule has 1 amide bonds. The molecule has 1 saturated heterocycles. The molecule has 1 fully saturated rings. The van der Waals surface area contributed by atoms with E-state index in [1.54, 1.807) is 6.08 Å². The van der Waals surface area contributed by atoms with Gasteiger partial charge in [0, 0.05) is 6.42 Å². The van der Waals surface area contributed by atoms with Gasteiger partial charge in [0.15, 0.2) is 12.4 Å². The van der Waals surface area contributed by atoms with E-state index >= 15 is 0 Å². The van der Waals surface area contributed by atoms with Crippen LogP contribution in [0, 0.1) is 0 Å². The fraction of sp³-hybridized carbons (Fsp3) is 0.812. The highest BCUT2D eigenvalue weighted by Crippen LogP contribution is 2.26. The quantitative estimate of drug-likeness (QED) is 0.0149. The third-order valence-electron chi connectivity index (χ3n) is 14.5. The van der Waals surface area contributed by atoms with Crippen molar-refractivity contribution in [3.63, 3.8) is 0 Å². The summed E-state index contributed by atoms with van der Waals surface area (Å²) in [5.74, 6) is -1.23. The van der Waals surface area contributed by atoms with Crippen LogP contribution in [-0.2, 0) is 23.8 Å². The zero-order valence-corrected chi connectivity index (χ0v) is 48.2. The van der Waals surface area contributed by atoms with Crippen molar-refractivity contribution < 1.29 is 49.3 Å². The highest BCUT2D eigenvalue weighted by atomic mass is 16.7. The molecule has 0 aromatic heterocycles. The van der Waals surface area contributed by atoms with E-state index in [1.165, 1.54) is 161 Å². The van der Waals surface area contributed by atoms with Crippen molar-refractivity contribution >= 4 is 11.9 Å². The Morgan fingerprint density at radius 3 is 1.44 bits per heavy atom. The topological polar surface area (TPSA) is 175 Å². The van der Waals surface area contributed by atoms with Crippen LogP contribution in [0.5, 0.6) is 0 Å². The monoisotopic (exact) mass is 1060 g/mol. The van der Waals surface area contributed by atoms with Crippen LogP contribution in [0.2, 0.25) is 0 Å². The molecule has 1 rings (SSSR count). The molecular weight excluding hydrogens is 943 g/mol. The van der Waals surface area contributed by atoms with Crippen LogP contribution in [0.4, 0.5) is 0 Å². The highest BCUT2D eigenvalue weighted by Gasteiger charge is 2.47. The van der Waals surface area contributed by atoms with E-state index < -0.39 is 67.4 Å². The predicted octanol–water partition coefficient (Wildman–Crippen LogP) is 14.6. The van der Waals surface area contributed by atoms with Crippen molar-refractivity contribution in [3.05, 3.63) is 60.8 Å². The molecule has 436 valence electrons. The van der Waals surface area contributed by atoms with Crippen molar-refractivity contribution in [1.29, 1.82) is 0 Å². The molecule has 0 aromatic rings. The van der Waals surface area contributed by atoms with Crippen LogP contribution in [0.1, 0.15) is 271 Å². The molecule has 75 heavy (non-hydrogen) atoms. The summed E-state index contributed by atoms with van der Waals surface area (Å²) in [6, 6.07) is -1.04. The third kappa shape index (κ3) is 40.2. The summed E-state index contributed by atoms with van der Waals surface area (Å²) < 4.78 is 17.6. The summed E-state index contributed by atoms with van der Waals surface area (Å²) in [6.45, 7) is 5.62. The van der Waals surface area contributed by atoms with E-state index in [2.05, 4.69) is 32.2 Å². The Labute approximate surface area is 458 Å². The molecule has 0 saturated carbocycles. The molecule has 0 radical (unpaired) electrons. The van der Waals surface area contributed by atoms with Crippen LogP contribution in [-0.4, -0.2) is 99.6 Å². The number of rotatable bonds is 52. The van der Waals surface area contributed by atoms with Crippen molar-refractivity contribution in [3.8, 4) is 0 Å². The number of carbonyl (C=O) groups excluding carboxylic acids is 2. The third-order valence-corrected chi connectivity index (χ3v) is 14.5. The normalized spacial score (nSPS) is 19.6. The molecule has 0 spiro atoms. The Hall–Kier alpha value is -2.64. The molecule has 1 heterocycles. The molecule has 8 atom stereocenters. The number of hydrogen-bond acceptors (Lipinski definition) is 10. The Morgan fingerprint density at radius 2 is 0.960 bits per heavy atom. The average molecular weight is 1060 g/mol. The number of unbranched alkanes of at least 4 members (excludes halogenated alkanes) is 33. The summed E-state index contributed by atoms with van der Waals surface area (Å²) in [6.07, 6.45) is 54.3. The van der Waals surface area contributed by atoms with Gasteiger partial charge in [-0.2, -0.15) is 0 Å². The second-order valence-corrected chi connectivity index (χ2v) is 21.5. The summed E-state index contributed by atoms with van der Waals surface area (Å²) in [4.78, 5) is 26.5. The fourth-order valence-electron chi connectivity index (χ4n) is 9.60. The van der Waals surface area contributed by atoms with Crippen molar-refractivity contribution in [2.24, 2.45) is 0 Å². The smallest absolute Gasteiger partial charge is 0.306 e. The average Bonchev–Trinajstić information content (AvgIpc) is 3.41. The van der Waals surface area contributed by atoms with Crippen LogP contribution in [0.25, 0.3) is 0 Å². The van der Waals surface area contributed by atoms with E-state index in [-0.39, 0.29) is 19.4 Å². The molecular formula is C64H115NO10. The maximum atomic E-state index is 13.3. The first-order valence-corrected chi connectivity index (χ1v) is 31.1. The van der Waals surface area contributed by atoms with E-state index in [9.17, 15) is 35.1 Å². The van der Waals surface area contributed by atoms with Crippen LogP contribution < -0.4 is 5.32 Å². The van der Waals surface area contributed by atoms with Gasteiger partial charge < -0.3 is 45.1 Å². The number of carbonyl (C=O) groups is 2. The van der Waals surface area contributed by atoms with Crippen LogP contribution in [0.3, 0.4) is 0 Å². The van der Waals surface area contributed by atoms with Gasteiger partial charge in [0.1, 0.15) is 24.4 Å². The lowest BCUT2D eigenvalue weighted by Gasteiger charge is -2.41. The molecule has 0 bridgehead atoms. The minimum atomic E-state index is -1.62. The molecule has 11 nitrogen and oxygen atoms in total. The second-order valence-electron chi connectivity index (χ2n) is 21.5. The number of hydrogen-bond donors (Lipinski definition) is 6. The van der Waals surface area contributed by atoms with E-state index in [1.807, 2.05) is 48.6 Å². The Balaban J connectivity index is 2.60. The highest BCUT2D eigenvalue weighted by molar-refractivity contribution is 5.80. The zero-order chi connectivity index (χ0) is 54.7. The number of nitrogens with one attached hydrogen (secondary N) is 1. The van der Waals surface area contributed by atoms with Gasteiger partial charge in [-0.3, -0.25) is 9.59 Å². The Bertz CT molecular complexity index is 1450. The summed E-state index contributed by atoms with van der Waals surface area (Å²) >= 11 is 0. The number of amides is 1. The van der Waals surface area contributed by atoms with Gasteiger partial charge in [0.25, 0.3) is 0 Å². The number of aliphatic hydroxyl groups is 5. The summed E-state index contributed by atoms with van der Waals surface area (Å²) in [7, 11) is 0. The van der Waals surface area contributed by atoms with Gasteiger partial charge in [-0.25, -0.2) is 0 Å². The first-order chi connectivity index (χ1) is 36.7. The Kier molecular flexibility index (Phi) is 48.9. The van der Waals surface area contributed by atoms with Gasteiger partial charge in [-0.05, 0) is 44.9 Å². The van der Waals surface area contributed by atoms with Gasteiger partial charge in [-0.1, -0.05) is 281 Å². The molecule has 8 unspecified atom stereocenters. The first-order valence-electron chi connectivity index (χ1n) is 31.1. The first kappa shape index (κ1) is 70.4. The molecule has 1 aliphatic rings. The summed E-state index contributed by atoms with van der Waals surface area (Å²) in [5, 5.41) is 56.8. The predicted molar refractivity (Wildman–Crippen MR) is 310 cm³/mol. The van der Waals surface area contributed by atoms with Crippen molar-refractivity contribution in [2.45, 2.75) is 320 Å². The maximum absolute atomic E-state index is 13.3. The van der Waals surface area contributed by atoms with Crippen molar-refractivity contribution in [2.75, 3.05) is 13.2 Å².